The van der Waals surface area contributed by atoms with Crippen LogP contribution in [0.2, 0.25) is 0 Å². The molecule has 3 nitrogen and oxygen atoms in total. The Morgan fingerprint density at radius 3 is 2.00 bits per heavy atom. The molecule has 0 aromatic heterocycles. The van der Waals surface area contributed by atoms with Gasteiger partial charge in [0, 0.05) is 5.56 Å². The van der Waals surface area contributed by atoms with Crippen molar-refractivity contribution in [3.05, 3.63) is 35.4 Å². The summed E-state index contributed by atoms with van der Waals surface area (Å²) < 4.78 is 38.3. The van der Waals surface area contributed by atoms with Crippen molar-refractivity contribution < 1.29 is 18.4 Å². The van der Waals surface area contributed by atoms with Crippen molar-refractivity contribution in [2.24, 2.45) is 10.9 Å². The van der Waals surface area contributed by atoms with Gasteiger partial charge in [-0.05, 0) is 19.4 Å². The molecule has 1 aromatic rings. The van der Waals surface area contributed by atoms with Crippen LogP contribution in [0.15, 0.2) is 29.4 Å². The highest BCUT2D eigenvalue weighted by molar-refractivity contribution is 5.96. The van der Waals surface area contributed by atoms with Gasteiger partial charge in [0.25, 0.3) is 0 Å². The summed E-state index contributed by atoms with van der Waals surface area (Å²) in [6, 6.07) is 5.41. The predicted molar refractivity (Wildman–Crippen MR) is 58.0 cm³/mol. The van der Waals surface area contributed by atoms with E-state index in [9.17, 15) is 13.2 Å². The number of halogens is 3. The van der Waals surface area contributed by atoms with Gasteiger partial charge in [0.15, 0.2) is 5.84 Å². The maximum atomic E-state index is 12.8. The molecule has 0 radical (unpaired) electrons. The first-order valence-corrected chi connectivity index (χ1v) is 4.85. The summed E-state index contributed by atoms with van der Waals surface area (Å²) in [6.45, 7) is 2.21. The highest BCUT2D eigenvalue weighted by atomic mass is 19.4. The van der Waals surface area contributed by atoms with Crippen LogP contribution >= 0.6 is 0 Å². The van der Waals surface area contributed by atoms with E-state index in [4.69, 9.17) is 10.9 Å². The molecule has 0 aliphatic rings. The quantitative estimate of drug-likeness (QED) is 0.365. The van der Waals surface area contributed by atoms with Crippen molar-refractivity contribution >= 4 is 5.84 Å². The van der Waals surface area contributed by atoms with Crippen molar-refractivity contribution in [1.29, 1.82) is 0 Å². The smallest absolute Gasteiger partial charge is 0.397 e. The molecular weight excluding hydrogens is 233 g/mol. The van der Waals surface area contributed by atoms with Crippen LogP contribution in [0, 0.1) is 0 Å². The number of alkyl halides is 3. The van der Waals surface area contributed by atoms with Gasteiger partial charge in [-0.3, -0.25) is 0 Å². The summed E-state index contributed by atoms with van der Waals surface area (Å²) in [7, 11) is 0. The van der Waals surface area contributed by atoms with Gasteiger partial charge in [-0.15, -0.1) is 0 Å². The van der Waals surface area contributed by atoms with E-state index in [1.165, 1.54) is 24.3 Å². The first-order valence-electron chi connectivity index (χ1n) is 4.85. The summed E-state index contributed by atoms with van der Waals surface area (Å²) >= 11 is 0. The summed E-state index contributed by atoms with van der Waals surface area (Å²) in [4.78, 5) is 0. The minimum atomic E-state index is -4.33. The molecular formula is C11H13F3N2O. The van der Waals surface area contributed by atoms with Crippen molar-refractivity contribution in [2.45, 2.75) is 25.4 Å². The zero-order chi connectivity index (χ0) is 13.3. The fraction of sp³-hybridized carbons (Fsp3) is 0.364. The second-order valence-corrected chi connectivity index (χ2v) is 4.19. The Balaban J connectivity index is 3.12. The van der Waals surface area contributed by atoms with E-state index in [0.29, 0.717) is 5.56 Å². The molecule has 1 aromatic carbocycles. The highest BCUT2D eigenvalue weighted by Gasteiger charge is 2.48. The number of nitrogens with two attached hydrogens (primary N) is 1. The Morgan fingerprint density at radius 2 is 1.65 bits per heavy atom. The molecule has 94 valence electrons. The van der Waals surface area contributed by atoms with Crippen molar-refractivity contribution in [1.82, 2.24) is 0 Å². The Morgan fingerprint density at radius 1 is 1.18 bits per heavy atom. The van der Waals surface area contributed by atoms with E-state index in [-0.39, 0.29) is 11.4 Å². The molecule has 0 heterocycles. The van der Waals surface area contributed by atoms with Crippen LogP contribution in [0.5, 0.6) is 0 Å². The van der Waals surface area contributed by atoms with Crippen molar-refractivity contribution in [3.63, 3.8) is 0 Å². The first-order chi connectivity index (χ1) is 7.70. The number of rotatable bonds is 2. The SMILES string of the molecule is CC(C)(c1ccc(/C(N)=N\O)cc1)C(F)(F)F. The van der Waals surface area contributed by atoms with Gasteiger partial charge in [0.1, 0.15) is 0 Å². The van der Waals surface area contributed by atoms with Gasteiger partial charge in [0.2, 0.25) is 0 Å². The highest BCUT2D eigenvalue weighted by Crippen LogP contribution is 2.40. The minimum absolute atomic E-state index is 0.125. The third-order valence-corrected chi connectivity index (χ3v) is 2.72. The van der Waals surface area contributed by atoms with Gasteiger partial charge in [0.05, 0.1) is 5.41 Å². The lowest BCUT2D eigenvalue weighted by Gasteiger charge is -2.28. The molecule has 1 rings (SSSR count). The molecule has 3 N–H and O–H groups in total. The van der Waals surface area contributed by atoms with E-state index in [0.717, 1.165) is 13.8 Å². The second kappa shape index (κ2) is 4.27. The number of oxime groups is 1. The number of hydrogen-bond acceptors (Lipinski definition) is 2. The molecule has 6 heteroatoms. The Hall–Kier alpha value is -1.72. The van der Waals surface area contributed by atoms with Gasteiger partial charge in [-0.1, -0.05) is 29.4 Å². The molecule has 0 saturated carbocycles. The third-order valence-electron chi connectivity index (χ3n) is 2.72. The van der Waals surface area contributed by atoms with Crippen molar-refractivity contribution in [2.75, 3.05) is 0 Å². The molecule has 0 aliphatic carbocycles. The molecule has 17 heavy (non-hydrogen) atoms. The van der Waals surface area contributed by atoms with Crippen LogP contribution < -0.4 is 5.73 Å². The molecule has 0 amide bonds. The molecule has 0 unspecified atom stereocenters. The van der Waals surface area contributed by atoms with Crippen LogP contribution in [0.3, 0.4) is 0 Å². The van der Waals surface area contributed by atoms with Gasteiger partial charge in [-0.2, -0.15) is 13.2 Å². The maximum Gasteiger partial charge on any atom is 0.397 e. The van der Waals surface area contributed by atoms with E-state index in [1.807, 2.05) is 0 Å². The van der Waals surface area contributed by atoms with Crippen LogP contribution in [0.25, 0.3) is 0 Å². The molecule has 0 atom stereocenters. The second-order valence-electron chi connectivity index (χ2n) is 4.19. The lowest BCUT2D eigenvalue weighted by molar-refractivity contribution is -0.180. The Kier molecular flexibility index (Phi) is 3.35. The number of amidine groups is 1. The molecule has 0 bridgehead atoms. The van der Waals surface area contributed by atoms with Crippen LogP contribution in [0.4, 0.5) is 13.2 Å². The van der Waals surface area contributed by atoms with Gasteiger partial charge >= 0.3 is 6.18 Å². The Labute approximate surface area is 96.7 Å². The maximum absolute atomic E-state index is 12.8. The van der Waals surface area contributed by atoms with E-state index < -0.39 is 11.6 Å². The predicted octanol–water partition coefficient (Wildman–Crippen LogP) is 2.62. The topological polar surface area (TPSA) is 58.6 Å². The van der Waals surface area contributed by atoms with Gasteiger partial charge in [-0.25, -0.2) is 0 Å². The number of benzene rings is 1. The van der Waals surface area contributed by atoms with Crippen LogP contribution in [0.1, 0.15) is 25.0 Å². The zero-order valence-corrected chi connectivity index (χ0v) is 9.42. The molecule has 0 fully saturated rings. The average Bonchev–Trinajstić information content (AvgIpc) is 2.26. The van der Waals surface area contributed by atoms with E-state index in [2.05, 4.69) is 5.16 Å². The fourth-order valence-corrected chi connectivity index (χ4v) is 1.28. The molecule has 0 spiro atoms. The summed E-state index contributed by atoms with van der Waals surface area (Å²) in [5, 5.41) is 11.2. The first kappa shape index (κ1) is 13.3. The number of nitrogens with zero attached hydrogens (tertiary/aromatic N) is 1. The minimum Gasteiger partial charge on any atom is -0.409 e. The van der Waals surface area contributed by atoms with E-state index in [1.54, 1.807) is 0 Å². The lowest BCUT2D eigenvalue weighted by Crippen LogP contribution is -2.36. The third kappa shape index (κ3) is 2.51. The summed E-state index contributed by atoms with van der Waals surface area (Å²) in [5.41, 5.74) is 3.88. The van der Waals surface area contributed by atoms with Crippen LogP contribution in [-0.2, 0) is 5.41 Å². The number of hydrogen-bond donors (Lipinski definition) is 2. The molecule has 0 saturated heterocycles. The van der Waals surface area contributed by atoms with Gasteiger partial charge < -0.3 is 10.9 Å². The largest absolute Gasteiger partial charge is 0.409 e. The fourth-order valence-electron chi connectivity index (χ4n) is 1.28. The van der Waals surface area contributed by atoms with E-state index >= 15 is 0 Å². The zero-order valence-electron chi connectivity index (χ0n) is 9.42. The normalized spacial score (nSPS) is 13.8. The monoisotopic (exact) mass is 246 g/mol. The Bertz CT molecular complexity index is 421. The summed E-state index contributed by atoms with van der Waals surface area (Å²) in [6.07, 6.45) is -4.33. The summed E-state index contributed by atoms with van der Waals surface area (Å²) in [5.74, 6) is -0.138. The molecule has 0 aliphatic heterocycles. The van der Waals surface area contributed by atoms with Crippen molar-refractivity contribution in [3.8, 4) is 0 Å². The lowest BCUT2D eigenvalue weighted by atomic mass is 9.83. The standard InChI is InChI=1S/C11H13F3N2O/c1-10(2,11(12,13)14)8-5-3-7(4-6-8)9(15)16-17/h3-6,17H,1-2H3,(H2,15,16). The van der Waals surface area contributed by atoms with Crippen LogP contribution in [-0.4, -0.2) is 17.2 Å². The average molecular weight is 246 g/mol.